The van der Waals surface area contributed by atoms with Gasteiger partial charge in [0, 0.05) is 5.16 Å². The highest BCUT2D eigenvalue weighted by Crippen LogP contribution is 2.16. The maximum atomic E-state index is 10.4. The molecular weight excluding hydrogens is 226 g/mol. The third-order valence-electron chi connectivity index (χ3n) is 1.48. The average Bonchev–Trinajstić information content (AvgIpc) is 2.86. The molecule has 0 atom stereocenters. The molecule has 0 fully saturated rings. The second-order valence-electron chi connectivity index (χ2n) is 2.42. The Morgan fingerprint density at radius 2 is 2.00 bits per heavy atom. The third-order valence-corrected chi connectivity index (χ3v) is 1.48. The second kappa shape index (κ2) is 3.34. The van der Waals surface area contributed by atoms with E-state index in [-0.39, 0.29) is 0 Å². The van der Waals surface area contributed by atoms with Crippen molar-refractivity contribution in [3.05, 3.63) is 26.4 Å². The first-order valence-corrected chi connectivity index (χ1v) is 3.63. The van der Waals surface area contributed by atoms with Gasteiger partial charge in [0.2, 0.25) is 0 Å². The van der Waals surface area contributed by atoms with E-state index in [1.54, 1.807) is 0 Å². The van der Waals surface area contributed by atoms with Gasteiger partial charge in [-0.05, 0) is 14.6 Å². The van der Waals surface area contributed by atoms with E-state index in [2.05, 4.69) is 25.1 Å². The summed E-state index contributed by atoms with van der Waals surface area (Å²) in [6.07, 6.45) is 0.818. The van der Waals surface area contributed by atoms with Crippen molar-refractivity contribution in [2.75, 3.05) is 0 Å². The molecule has 2 rings (SSSR count). The van der Waals surface area contributed by atoms with Gasteiger partial charge in [0.15, 0.2) is 11.4 Å². The van der Waals surface area contributed by atoms with Crippen LogP contribution in [0.1, 0.15) is 0 Å². The zero-order valence-corrected chi connectivity index (χ0v) is 7.25. The predicted molar refractivity (Wildman–Crippen MR) is 42.5 cm³/mol. The van der Waals surface area contributed by atoms with E-state index in [4.69, 9.17) is 0 Å². The molecule has 16 heavy (non-hydrogen) atoms. The van der Waals surface area contributed by atoms with Gasteiger partial charge in [0.05, 0.1) is 5.10 Å². The van der Waals surface area contributed by atoms with Gasteiger partial charge in [-0.1, -0.05) is 0 Å². The Bertz CT molecular complexity index is 557. The summed E-state index contributed by atoms with van der Waals surface area (Å²) in [4.78, 5) is 19.6. The van der Waals surface area contributed by atoms with Crippen LogP contribution in [0.4, 0.5) is 11.6 Å². The van der Waals surface area contributed by atoms with Crippen molar-refractivity contribution >= 4 is 11.6 Å². The first kappa shape index (κ1) is 9.63. The molecular formula is C4HN7O5. The third kappa shape index (κ3) is 1.43. The summed E-state index contributed by atoms with van der Waals surface area (Å²) in [5.74, 6) is -1.74. The fraction of sp³-hybridized carbons (Fsp3) is 0. The highest BCUT2D eigenvalue weighted by atomic mass is 16.6. The van der Waals surface area contributed by atoms with Crippen LogP contribution >= 0.6 is 0 Å². The van der Waals surface area contributed by atoms with Crippen LogP contribution in [0.3, 0.4) is 0 Å². The van der Waals surface area contributed by atoms with Gasteiger partial charge in [-0.2, -0.15) is 0 Å². The number of aromatic nitrogens is 5. The lowest BCUT2D eigenvalue weighted by atomic mass is 10.7. The normalized spacial score (nSPS) is 10.2. The van der Waals surface area contributed by atoms with E-state index in [0.29, 0.717) is 4.80 Å². The molecule has 0 saturated carbocycles. The molecule has 82 valence electrons. The first-order valence-electron chi connectivity index (χ1n) is 3.63. The van der Waals surface area contributed by atoms with Gasteiger partial charge < -0.3 is 20.2 Å². The molecule has 2 aromatic heterocycles. The molecule has 0 saturated heterocycles. The molecule has 2 aromatic rings. The summed E-state index contributed by atoms with van der Waals surface area (Å²) >= 11 is 0. The number of hydrogen-bond acceptors (Lipinski definition) is 9. The van der Waals surface area contributed by atoms with Crippen LogP contribution in [0.2, 0.25) is 0 Å². The van der Waals surface area contributed by atoms with Crippen molar-refractivity contribution in [2.24, 2.45) is 0 Å². The quantitative estimate of drug-likeness (QED) is 0.496. The van der Waals surface area contributed by atoms with Crippen molar-refractivity contribution in [3.63, 3.8) is 0 Å². The van der Waals surface area contributed by atoms with E-state index in [1.165, 1.54) is 0 Å². The van der Waals surface area contributed by atoms with Crippen molar-refractivity contribution in [3.8, 4) is 5.82 Å². The first-order chi connectivity index (χ1) is 7.59. The molecule has 0 unspecified atom stereocenters. The van der Waals surface area contributed by atoms with Crippen molar-refractivity contribution in [1.82, 2.24) is 25.3 Å². The minimum atomic E-state index is -0.874. The summed E-state index contributed by atoms with van der Waals surface area (Å²) in [5.41, 5.74) is 0. The van der Waals surface area contributed by atoms with Gasteiger partial charge in [0.1, 0.15) is 0 Å². The fourth-order valence-corrected chi connectivity index (χ4v) is 0.861. The van der Waals surface area contributed by atoms with Crippen LogP contribution in [0.25, 0.3) is 5.82 Å². The smallest absolute Gasteiger partial charge is 0.358 e. The van der Waals surface area contributed by atoms with E-state index < -0.39 is 27.3 Å². The van der Waals surface area contributed by atoms with Crippen LogP contribution < -0.4 is 0 Å². The summed E-state index contributed by atoms with van der Waals surface area (Å²) in [6.45, 7) is 0. The van der Waals surface area contributed by atoms with Crippen LogP contribution in [0.5, 0.6) is 0 Å². The fourth-order valence-electron chi connectivity index (χ4n) is 0.861. The van der Waals surface area contributed by atoms with Gasteiger partial charge in [-0.15, -0.1) is 9.73 Å². The molecule has 0 aromatic carbocycles. The van der Waals surface area contributed by atoms with Gasteiger partial charge in [-0.25, -0.2) is 0 Å². The Morgan fingerprint density at radius 1 is 1.25 bits per heavy atom. The molecule has 2 heterocycles. The summed E-state index contributed by atoms with van der Waals surface area (Å²) in [6, 6.07) is 0. The van der Waals surface area contributed by atoms with Gasteiger partial charge in [-0.3, -0.25) is 0 Å². The minimum Gasteiger partial charge on any atom is -0.358 e. The highest BCUT2D eigenvalue weighted by molar-refractivity contribution is 5.36. The molecule has 0 aliphatic carbocycles. The Labute approximate surface area is 84.7 Å². The predicted octanol–water partition coefficient (Wildman–Crippen LogP) is -0.533. The summed E-state index contributed by atoms with van der Waals surface area (Å²) in [5, 5.41) is 33.6. The summed E-state index contributed by atoms with van der Waals surface area (Å²) < 4.78 is 4.12. The van der Waals surface area contributed by atoms with Crippen LogP contribution in [0.15, 0.2) is 10.8 Å². The number of nitro groups is 2. The van der Waals surface area contributed by atoms with E-state index in [9.17, 15) is 20.2 Å². The van der Waals surface area contributed by atoms with E-state index in [1.807, 2.05) is 0 Å². The van der Waals surface area contributed by atoms with Gasteiger partial charge >= 0.3 is 17.5 Å². The number of nitrogens with zero attached hydrogens (tertiary/aromatic N) is 7. The molecule has 0 spiro atoms. The lowest BCUT2D eigenvalue weighted by Crippen LogP contribution is -2.03. The SMILES string of the molecule is O=[N+]([O-])c1cnn(-c2nonc2[N+](=O)[O-])n1. The molecule has 0 bridgehead atoms. The van der Waals surface area contributed by atoms with Crippen LogP contribution in [0, 0.1) is 20.2 Å². The van der Waals surface area contributed by atoms with Crippen LogP contribution in [-0.4, -0.2) is 35.2 Å². The number of hydrogen-bond donors (Lipinski definition) is 0. The maximum Gasteiger partial charge on any atom is 0.465 e. The molecule has 0 N–H and O–H groups in total. The van der Waals surface area contributed by atoms with Crippen LogP contribution in [-0.2, 0) is 0 Å². The zero-order valence-electron chi connectivity index (χ0n) is 7.25. The van der Waals surface area contributed by atoms with Crippen molar-refractivity contribution in [2.45, 2.75) is 0 Å². The lowest BCUT2D eigenvalue weighted by Gasteiger charge is -1.86. The molecule has 0 radical (unpaired) electrons. The summed E-state index contributed by atoms with van der Waals surface area (Å²) in [7, 11) is 0. The van der Waals surface area contributed by atoms with E-state index in [0.717, 1.165) is 6.20 Å². The van der Waals surface area contributed by atoms with E-state index >= 15 is 0 Å². The molecule has 0 amide bonds. The minimum absolute atomic E-state index is 0.432. The molecule has 12 heteroatoms. The Hall–Kier alpha value is -2.92. The zero-order chi connectivity index (χ0) is 11.7. The van der Waals surface area contributed by atoms with Crippen molar-refractivity contribution < 1.29 is 14.5 Å². The van der Waals surface area contributed by atoms with Crippen molar-refractivity contribution in [1.29, 1.82) is 0 Å². The highest BCUT2D eigenvalue weighted by Gasteiger charge is 2.29. The monoisotopic (exact) mass is 227 g/mol. The molecule has 12 nitrogen and oxygen atoms in total. The lowest BCUT2D eigenvalue weighted by molar-refractivity contribution is -0.391. The largest absolute Gasteiger partial charge is 0.465 e. The molecule has 0 aliphatic heterocycles. The Morgan fingerprint density at radius 3 is 2.56 bits per heavy atom. The number of rotatable bonds is 3. The average molecular weight is 227 g/mol. The Balaban J connectivity index is 2.46. The van der Waals surface area contributed by atoms with Gasteiger partial charge in [0.25, 0.3) is 0 Å². The maximum absolute atomic E-state index is 10.4. The molecule has 0 aliphatic rings. The Kier molecular flexibility index (Phi) is 2.01. The topological polar surface area (TPSA) is 156 Å². The second-order valence-corrected chi connectivity index (χ2v) is 2.42. The standard InChI is InChI=1S/C4HN7O5/c12-10(13)2-1-5-9(6-2)3-4(11(14)15)8-16-7-3/h1H.